The Morgan fingerprint density at radius 2 is 1.90 bits per heavy atom. The van der Waals surface area contributed by atoms with Crippen LogP contribution in [0.2, 0.25) is 5.02 Å². The molecule has 0 N–H and O–H groups in total. The predicted molar refractivity (Wildman–Crippen MR) is 79.7 cm³/mol. The highest BCUT2D eigenvalue weighted by Gasteiger charge is 2.30. The van der Waals surface area contributed by atoms with Gasteiger partial charge in [-0.15, -0.1) is 0 Å². The fourth-order valence-corrected chi connectivity index (χ4v) is 2.59. The van der Waals surface area contributed by atoms with Crippen LogP contribution in [0.15, 0.2) is 48.5 Å². The van der Waals surface area contributed by atoms with Gasteiger partial charge in [-0.25, -0.2) is 0 Å². The van der Waals surface area contributed by atoms with E-state index in [-0.39, 0.29) is 11.9 Å². The average Bonchev–Trinajstić information content (AvgIpc) is 2.47. The summed E-state index contributed by atoms with van der Waals surface area (Å²) in [4.78, 5) is 14.5. The van der Waals surface area contributed by atoms with Gasteiger partial charge in [-0.1, -0.05) is 35.9 Å². The van der Waals surface area contributed by atoms with Crippen LogP contribution in [0, 0.1) is 0 Å². The summed E-state index contributed by atoms with van der Waals surface area (Å²) >= 11 is 6.13. The number of rotatable bonds is 1. The van der Waals surface area contributed by atoms with Gasteiger partial charge in [-0.2, -0.15) is 0 Å². The van der Waals surface area contributed by atoms with Crippen molar-refractivity contribution < 1.29 is 9.53 Å². The highest BCUT2D eigenvalue weighted by molar-refractivity contribution is 6.34. The Morgan fingerprint density at radius 3 is 2.70 bits per heavy atom. The Kier molecular flexibility index (Phi) is 3.36. The van der Waals surface area contributed by atoms with E-state index in [4.69, 9.17) is 16.3 Å². The number of hydrogen-bond acceptors (Lipinski definition) is 2. The number of nitrogens with zero attached hydrogens (tertiary/aromatic N) is 1. The molecule has 1 aliphatic heterocycles. The highest BCUT2D eigenvalue weighted by Crippen LogP contribution is 2.35. The molecule has 0 fully saturated rings. The van der Waals surface area contributed by atoms with E-state index in [9.17, 15) is 4.79 Å². The third kappa shape index (κ3) is 2.14. The van der Waals surface area contributed by atoms with Crippen LogP contribution in [0.3, 0.4) is 0 Å². The molecule has 0 radical (unpaired) electrons. The third-order valence-electron chi connectivity index (χ3n) is 3.37. The molecule has 0 aromatic heterocycles. The fourth-order valence-electron chi connectivity index (χ4n) is 2.37. The van der Waals surface area contributed by atoms with Gasteiger partial charge in [0.25, 0.3) is 5.91 Å². The van der Waals surface area contributed by atoms with Crippen LogP contribution in [0.1, 0.15) is 17.3 Å². The molecule has 0 bridgehead atoms. The second-order valence-electron chi connectivity index (χ2n) is 4.78. The Bertz CT molecular complexity index is 656. The van der Waals surface area contributed by atoms with E-state index in [1.54, 1.807) is 17.0 Å². The standard InChI is InChI=1S/C16H14ClNO2/c1-11-10-20-15-9-5-4-8-14(15)18(11)16(19)12-6-2-3-7-13(12)17/h2-9,11H,10H2,1H3/t11-/m0/s1. The summed E-state index contributed by atoms with van der Waals surface area (Å²) in [5.41, 5.74) is 1.30. The number of para-hydroxylation sites is 2. The number of carbonyl (C=O) groups is 1. The lowest BCUT2D eigenvalue weighted by molar-refractivity contribution is 0.0961. The number of fused-ring (bicyclic) bond motifs is 1. The number of halogens is 1. The van der Waals surface area contributed by atoms with Crippen LogP contribution in [0.5, 0.6) is 5.75 Å². The molecule has 20 heavy (non-hydrogen) atoms. The molecule has 0 saturated carbocycles. The molecule has 0 saturated heterocycles. The summed E-state index contributed by atoms with van der Waals surface area (Å²) < 4.78 is 5.66. The van der Waals surface area contributed by atoms with Crippen molar-refractivity contribution in [2.45, 2.75) is 13.0 Å². The van der Waals surface area contributed by atoms with Crippen LogP contribution in [0.4, 0.5) is 5.69 Å². The summed E-state index contributed by atoms with van der Waals surface area (Å²) in [5.74, 6) is 0.629. The minimum atomic E-state index is -0.0983. The molecule has 102 valence electrons. The smallest absolute Gasteiger partial charge is 0.260 e. The maximum Gasteiger partial charge on any atom is 0.260 e. The lowest BCUT2D eigenvalue weighted by atomic mass is 10.1. The van der Waals surface area contributed by atoms with Crippen LogP contribution in [-0.4, -0.2) is 18.6 Å². The Morgan fingerprint density at radius 1 is 1.20 bits per heavy atom. The summed E-state index contributed by atoms with van der Waals surface area (Å²) in [6.45, 7) is 2.44. The van der Waals surface area contributed by atoms with Gasteiger partial charge in [0.2, 0.25) is 0 Å². The summed E-state index contributed by atoms with van der Waals surface area (Å²) in [6, 6.07) is 14.6. The van der Waals surface area contributed by atoms with Gasteiger partial charge in [-0.05, 0) is 31.2 Å². The van der Waals surface area contributed by atoms with Crippen LogP contribution >= 0.6 is 11.6 Å². The topological polar surface area (TPSA) is 29.5 Å². The van der Waals surface area contributed by atoms with Gasteiger partial charge in [0.1, 0.15) is 12.4 Å². The molecule has 0 aliphatic carbocycles. The monoisotopic (exact) mass is 287 g/mol. The van der Waals surface area contributed by atoms with E-state index in [0.717, 1.165) is 11.4 Å². The molecular formula is C16H14ClNO2. The molecule has 3 rings (SSSR count). The van der Waals surface area contributed by atoms with Crippen molar-refractivity contribution in [1.29, 1.82) is 0 Å². The van der Waals surface area contributed by atoms with Crippen molar-refractivity contribution in [1.82, 2.24) is 0 Å². The van der Waals surface area contributed by atoms with Crippen molar-refractivity contribution in [3.63, 3.8) is 0 Å². The molecule has 1 atom stereocenters. The first-order valence-electron chi connectivity index (χ1n) is 6.48. The molecule has 1 aliphatic rings. The predicted octanol–water partition coefficient (Wildman–Crippen LogP) is 3.77. The van der Waals surface area contributed by atoms with Crippen molar-refractivity contribution >= 4 is 23.2 Å². The zero-order valence-electron chi connectivity index (χ0n) is 11.0. The first-order chi connectivity index (χ1) is 9.68. The molecule has 2 aromatic carbocycles. The first-order valence-corrected chi connectivity index (χ1v) is 6.86. The number of hydrogen-bond donors (Lipinski definition) is 0. The van der Waals surface area contributed by atoms with Gasteiger partial charge in [-0.3, -0.25) is 9.69 Å². The lowest BCUT2D eigenvalue weighted by Crippen LogP contribution is -2.45. The molecule has 2 aromatic rings. The van der Waals surface area contributed by atoms with E-state index in [2.05, 4.69) is 0 Å². The van der Waals surface area contributed by atoms with Crippen molar-refractivity contribution in [2.24, 2.45) is 0 Å². The minimum absolute atomic E-state index is 0.0336. The van der Waals surface area contributed by atoms with Crippen molar-refractivity contribution in [3.8, 4) is 5.75 Å². The summed E-state index contributed by atoms with van der Waals surface area (Å²) in [5, 5.41) is 0.466. The molecule has 1 heterocycles. The second kappa shape index (κ2) is 5.17. The summed E-state index contributed by atoms with van der Waals surface area (Å²) in [6.07, 6.45) is 0. The zero-order valence-corrected chi connectivity index (χ0v) is 11.8. The van der Waals surface area contributed by atoms with E-state index in [1.165, 1.54) is 0 Å². The highest BCUT2D eigenvalue weighted by atomic mass is 35.5. The minimum Gasteiger partial charge on any atom is -0.489 e. The largest absolute Gasteiger partial charge is 0.489 e. The van der Waals surface area contributed by atoms with Gasteiger partial charge in [0.15, 0.2) is 0 Å². The molecule has 4 heteroatoms. The van der Waals surface area contributed by atoms with Crippen LogP contribution in [0.25, 0.3) is 0 Å². The van der Waals surface area contributed by atoms with E-state index in [0.29, 0.717) is 17.2 Å². The normalized spacial score (nSPS) is 17.3. The fraction of sp³-hybridized carbons (Fsp3) is 0.188. The Labute approximate surface area is 122 Å². The second-order valence-corrected chi connectivity index (χ2v) is 5.19. The molecule has 0 spiro atoms. The molecule has 3 nitrogen and oxygen atoms in total. The number of amides is 1. The van der Waals surface area contributed by atoms with Gasteiger partial charge in [0, 0.05) is 0 Å². The van der Waals surface area contributed by atoms with Crippen molar-refractivity contribution in [3.05, 3.63) is 59.1 Å². The zero-order chi connectivity index (χ0) is 14.1. The van der Waals surface area contributed by atoms with E-state index in [1.807, 2.05) is 43.3 Å². The SMILES string of the molecule is C[C@H]1COc2ccccc2N1C(=O)c1ccccc1Cl. The lowest BCUT2D eigenvalue weighted by Gasteiger charge is -2.35. The first kappa shape index (κ1) is 13.0. The maximum absolute atomic E-state index is 12.8. The average molecular weight is 288 g/mol. The molecule has 1 amide bonds. The third-order valence-corrected chi connectivity index (χ3v) is 3.70. The number of carbonyl (C=O) groups excluding carboxylic acids is 1. The number of anilines is 1. The Balaban J connectivity index is 2.05. The van der Waals surface area contributed by atoms with Gasteiger partial charge in [0.05, 0.1) is 22.3 Å². The van der Waals surface area contributed by atoms with Gasteiger partial charge >= 0.3 is 0 Å². The van der Waals surface area contributed by atoms with Crippen LogP contribution in [-0.2, 0) is 0 Å². The summed E-state index contributed by atoms with van der Waals surface area (Å²) in [7, 11) is 0. The molecule has 0 unspecified atom stereocenters. The van der Waals surface area contributed by atoms with E-state index < -0.39 is 0 Å². The Hall–Kier alpha value is -2.00. The number of ether oxygens (including phenoxy) is 1. The van der Waals surface area contributed by atoms with Gasteiger partial charge < -0.3 is 4.74 Å². The van der Waals surface area contributed by atoms with Crippen molar-refractivity contribution in [2.75, 3.05) is 11.5 Å². The maximum atomic E-state index is 12.8. The van der Waals surface area contributed by atoms with E-state index >= 15 is 0 Å². The molecular weight excluding hydrogens is 274 g/mol. The number of benzene rings is 2. The van der Waals surface area contributed by atoms with Crippen LogP contribution < -0.4 is 9.64 Å². The quantitative estimate of drug-likeness (QED) is 0.799.